The fourth-order valence-corrected chi connectivity index (χ4v) is 2.26. The standard InChI is InChI=1S/C14H17BrFN3/c1-9(2)19-6-5-11(18-19)8-14(17)10-3-4-13(16)12(15)7-10/h3-7,9,14H,8,17H2,1-2H3. The van der Waals surface area contributed by atoms with E-state index >= 15 is 0 Å². The van der Waals surface area contributed by atoms with Crippen molar-refractivity contribution in [2.75, 3.05) is 0 Å². The second-order valence-electron chi connectivity index (χ2n) is 4.86. The first-order valence-corrected chi connectivity index (χ1v) is 7.01. The van der Waals surface area contributed by atoms with Crippen LogP contribution < -0.4 is 5.73 Å². The molecule has 1 aromatic carbocycles. The van der Waals surface area contributed by atoms with Gasteiger partial charge in [0.1, 0.15) is 5.82 Å². The van der Waals surface area contributed by atoms with Crippen LogP contribution in [0.2, 0.25) is 0 Å². The van der Waals surface area contributed by atoms with Crippen LogP contribution in [0.4, 0.5) is 4.39 Å². The molecule has 0 saturated carbocycles. The number of hydrogen-bond donors (Lipinski definition) is 1. The Morgan fingerprint density at radius 2 is 2.11 bits per heavy atom. The van der Waals surface area contributed by atoms with Crippen molar-refractivity contribution < 1.29 is 4.39 Å². The first-order chi connectivity index (χ1) is 8.97. The molecule has 1 heterocycles. The van der Waals surface area contributed by atoms with Gasteiger partial charge in [0.15, 0.2) is 0 Å². The minimum atomic E-state index is -0.278. The quantitative estimate of drug-likeness (QED) is 0.933. The number of aromatic nitrogens is 2. The molecule has 0 amide bonds. The van der Waals surface area contributed by atoms with Gasteiger partial charge in [-0.25, -0.2) is 4.39 Å². The van der Waals surface area contributed by atoms with E-state index in [9.17, 15) is 4.39 Å². The maximum absolute atomic E-state index is 13.2. The van der Waals surface area contributed by atoms with Crippen LogP contribution in [0.3, 0.4) is 0 Å². The van der Waals surface area contributed by atoms with Gasteiger partial charge in [0.2, 0.25) is 0 Å². The smallest absolute Gasteiger partial charge is 0.137 e. The Kier molecular flexibility index (Phi) is 4.37. The van der Waals surface area contributed by atoms with E-state index in [0.717, 1.165) is 11.3 Å². The van der Waals surface area contributed by atoms with Crippen molar-refractivity contribution in [2.45, 2.75) is 32.4 Å². The lowest BCUT2D eigenvalue weighted by Crippen LogP contribution is -2.14. The van der Waals surface area contributed by atoms with Gasteiger partial charge in [-0.1, -0.05) is 6.07 Å². The molecule has 0 spiro atoms. The molecule has 1 atom stereocenters. The van der Waals surface area contributed by atoms with Crippen LogP contribution in [0.1, 0.15) is 37.2 Å². The summed E-state index contributed by atoms with van der Waals surface area (Å²) in [5.41, 5.74) is 7.98. The summed E-state index contributed by atoms with van der Waals surface area (Å²) in [6, 6.07) is 6.98. The minimum absolute atomic E-state index is 0.188. The van der Waals surface area contributed by atoms with E-state index in [2.05, 4.69) is 34.9 Å². The fraction of sp³-hybridized carbons (Fsp3) is 0.357. The Morgan fingerprint density at radius 3 is 2.68 bits per heavy atom. The summed E-state index contributed by atoms with van der Waals surface area (Å²) in [4.78, 5) is 0. The van der Waals surface area contributed by atoms with E-state index in [0.29, 0.717) is 16.9 Å². The summed E-state index contributed by atoms with van der Waals surface area (Å²) < 4.78 is 15.5. The second-order valence-corrected chi connectivity index (χ2v) is 5.72. The number of rotatable bonds is 4. The van der Waals surface area contributed by atoms with E-state index < -0.39 is 0 Å². The summed E-state index contributed by atoms with van der Waals surface area (Å²) in [7, 11) is 0. The lowest BCUT2D eigenvalue weighted by molar-refractivity contribution is 0.522. The molecule has 1 aromatic heterocycles. The van der Waals surface area contributed by atoms with Crippen LogP contribution in [0.5, 0.6) is 0 Å². The molecule has 2 rings (SSSR count). The molecular formula is C14H17BrFN3. The normalized spacial score (nSPS) is 12.9. The van der Waals surface area contributed by atoms with Crippen molar-refractivity contribution in [1.29, 1.82) is 0 Å². The average Bonchev–Trinajstić information content (AvgIpc) is 2.81. The number of nitrogens with zero attached hydrogens (tertiary/aromatic N) is 2. The van der Waals surface area contributed by atoms with Gasteiger partial charge in [0.25, 0.3) is 0 Å². The van der Waals surface area contributed by atoms with Crippen molar-refractivity contribution in [3.63, 3.8) is 0 Å². The molecular weight excluding hydrogens is 309 g/mol. The van der Waals surface area contributed by atoms with Crippen LogP contribution in [0, 0.1) is 5.82 Å². The monoisotopic (exact) mass is 325 g/mol. The third-order valence-electron chi connectivity index (χ3n) is 2.99. The predicted octanol–water partition coefficient (Wildman–Crippen LogP) is 3.61. The van der Waals surface area contributed by atoms with Gasteiger partial charge in [0, 0.05) is 24.7 Å². The van der Waals surface area contributed by atoms with E-state index in [1.165, 1.54) is 6.07 Å². The largest absolute Gasteiger partial charge is 0.324 e. The maximum atomic E-state index is 13.2. The highest BCUT2D eigenvalue weighted by molar-refractivity contribution is 9.10. The highest BCUT2D eigenvalue weighted by Gasteiger charge is 2.11. The Bertz CT molecular complexity index is 566. The predicted molar refractivity (Wildman–Crippen MR) is 77.3 cm³/mol. The number of nitrogens with two attached hydrogens (primary N) is 1. The summed E-state index contributed by atoms with van der Waals surface area (Å²) in [5, 5.41) is 4.47. The third kappa shape index (κ3) is 3.42. The zero-order valence-corrected chi connectivity index (χ0v) is 12.6. The molecule has 0 aliphatic heterocycles. The SMILES string of the molecule is CC(C)n1ccc(CC(N)c2ccc(F)c(Br)c2)n1. The van der Waals surface area contributed by atoms with Gasteiger partial charge in [-0.15, -0.1) is 0 Å². The van der Waals surface area contributed by atoms with E-state index in [-0.39, 0.29) is 11.9 Å². The lowest BCUT2D eigenvalue weighted by Gasteiger charge is -2.11. The van der Waals surface area contributed by atoms with Gasteiger partial charge in [-0.05, 0) is 53.5 Å². The van der Waals surface area contributed by atoms with Crippen LogP contribution in [0.25, 0.3) is 0 Å². The Morgan fingerprint density at radius 1 is 1.37 bits per heavy atom. The summed E-state index contributed by atoms with van der Waals surface area (Å²) in [6.45, 7) is 4.15. The first-order valence-electron chi connectivity index (χ1n) is 6.22. The maximum Gasteiger partial charge on any atom is 0.137 e. The van der Waals surface area contributed by atoms with E-state index in [4.69, 9.17) is 5.73 Å². The first kappa shape index (κ1) is 14.2. The van der Waals surface area contributed by atoms with E-state index in [1.807, 2.05) is 16.9 Å². The zero-order chi connectivity index (χ0) is 14.0. The molecule has 2 aromatic rings. The zero-order valence-electron chi connectivity index (χ0n) is 11.0. The molecule has 102 valence electrons. The van der Waals surface area contributed by atoms with Gasteiger partial charge in [0.05, 0.1) is 10.2 Å². The molecule has 1 unspecified atom stereocenters. The molecule has 0 fully saturated rings. The van der Waals surface area contributed by atoms with Crippen LogP contribution in [0.15, 0.2) is 34.9 Å². The molecule has 3 nitrogen and oxygen atoms in total. The topological polar surface area (TPSA) is 43.8 Å². The van der Waals surface area contributed by atoms with E-state index in [1.54, 1.807) is 12.1 Å². The molecule has 2 N–H and O–H groups in total. The van der Waals surface area contributed by atoms with Crippen molar-refractivity contribution in [3.8, 4) is 0 Å². The van der Waals surface area contributed by atoms with Crippen molar-refractivity contribution >= 4 is 15.9 Å². The second kappa shape index (κ2) is 5.84. The fourth-order valence-electron chi connectivity index (χ4n) is 1.86. The van der Waals surface area contributed by atoms with Gasteiger partial charge in [-0.2, -0.15) is 5.10 Å². The Labute approximate surface area is 120 Å². The van der Waals surface area contributed by atoms with Gasteiger partial charge >= 0.3 is 0 Å². The molecule has 0 aliphatic rings. The molecule has 5 heteroatoms. The molecule has 0 bridgehead atoms. The molecule has 0 aliphatic carbocycles. The highest BCUT2D eigenvalue weighted by atomic mass is 79.9. The number of halogens is 2. The van der Waals surface area contributed by atoms with Crippen LogP contribution in [-0.4, -0.2) is 9.78 Å². The third-order valence-corrected chi connectivity index (χ3v) is 3.60. The van der Waals surface area contributed by atoms with Crippen molar-refractivity contribution in [3.05, 3.63) is 52.0 Å². The van der Waals surface area contributed by atoms with Crippen molar-refractivity contribution in [1.82, 2.24) is 9.78 Å². The summed E-state index contributed by atoms with van der Waals surface area (Å²) in [6.07, 6.45) is 2.59. The molecule has 0 saturated heterocycles. The number of hydrogen-bond acceptors (Lipinski definition) is 2. The minimum Gasteiger partial charge on any atom is -0.324 e. The molecule has 19 heavy (non-hydrogen) atoms. The van der Waals surface area contributed by atoms with Crippen molar-refractivity contribution in [2.24, 2.45) is 5.73 Å². The van der Waals surface area contributed by atoms with Crippen LogP contribution >= 0.6 is 15.9 Å². The lowest BCUT2D eigenvalue weighted by atomic mass is 10.0. The van der Waals surface area contributed by atoms with Gasteiger partial charge in [-0.3, -0.25) is 4.68 Å². The Hall–Kier alpha value is -1.20. The van der Waals surface area contributed by atoms with Gasteiger partial charge < -0.3 is 5.73 Å². The number of benzene rings is 1. The average molecular weight is 326 g/mol. The van der Waals surface area contributed by atoms with Crippen LogP contribution in [-0.2, 0) is 6.42 Å². The summed E-state index contributed by atoms with van der Waals surface area (Å²) in [5.74, 6) is -0.278. The molecule has 0 radical (unpaired) electrons. The summed E-state index contributed by atoms with van der Waals surface area (Å²) >= 11 is 3.17. The Balaban J connectivity index is 2.11. The highest BCUT2D eigenvalue weighted by Crippen LogP contribution is 2.22.